The third-order valence-corrected chi connectivity index (χ3v) is 2.89. The molecule has 0 aliphatic carbocycles. The molecule has 4 heteroatoms. The fourth-order valence-electron chi connectivity index (χ4n) is 1.96. The minimum absolute atomic E-state index is 0.0393. The van der Waals surface area contributed by atoms with Gasteiger partial charge in [-0.1, -0.05) is 19.9 Å². The van der Waals surface area contributed by atoms with Crippen LogP contribution < -0.4 is 0 Å². The Bertz CT molecular complexity index is 378. The van der Waals surface area contributed by atoms with Crippen molar-refractivity contribution < 1.29 is 9.53 Å². The molecule has 92 valence electrons. The summed E-state index contributed by atoms with van der Waals surface area (Å²) in [5.41, 5.74) is 0.897. The van der Waals surface area contributed by atoms with Crippen LogP contribution in [0.4, 0.5) is 0 Å². The SMILES string of the molecule is CC(C)C(=O)N1CCO[C@H](c2ccccn2)C1. The molecule has 1 fully saturated rings. The number of hydrogen-bond acceptors (Lipinski definition) is 3. The van der Waals surface area contributed by atoms with Crippen LogP contribution >= 0.6 is 0 Å². The third kappa shape index (κ3) is 2.82. The summed E-state index contributed by atoms with van der Waals surface area (Å²) in [6, 6.07) is 5.76. The molecule has 2 heterocycles. The molecule has 2 rings (SSSR count). The van der Waals surface area contributed by atoms with Crippen molar-refractivity contribution in [2.24, 2.45) is 5.92 Å². The van der Waals surface area contributed by atoms with Crippen LogP contribution in [0, 0.1) is 5.92 Å². The minimum Gasteiger partial charge on any atom is -0.368 e. The molecular weight excluding hydrogens is 216 g/mol. The van der Waals surface area contributed by atoms with Gasteiger partial charge >= 0.3 is 0 Å². The van der Waals surface area contributed by atoms with E-state index in [0.29, 0.717) is 19.7 Å². The van der Waals surface area contributed by atoms with E-state index in [-0.39, 0.29) is 17.9 Å². The molecule has 1 aromatic heterocycles. The van der Waals surface area contributed by atoms with E-state index < -0.39 is 0 Å². The summed E-state index contributed by atoms with van der Waals surface area (Å²) in [6.07, 6.45) is 1.66. The number of aromatic nitrogens is 1. The highest BCUT2D eigenvalue weighted by atomic mass is 16.5. The van der Waals surface area contributed by atoms with Gasteiger partial charge in [-0.2, -0.15) is 0 Å². The standard InChI is InChI=1S/C13H18N2O2/c1-10(2)13(16)15-7-8-17-12(9-15)11-5-3-4-6-14-11/h3-6,10,12H,7-9H2,1-2H3/t12-/m0/s1. The zero-order chi connectivity index (χ0) is 12.3. The van der Waals surface area contributed by atoms with E-state index in [9.17, 15) is 4.79 Å². The highest BCUT2D eigenvalue weighted by molar-refractivity contribution is 5.78. The molecule has 1 aliphatic rings. The second-order valence-electron chi connectivity index (χ2n) is 4.55. The summed E-state index contributed by atoms with van der Waals surface area (Å²) < 4.78 is 5.67. The normalized spacial score (nSPS) is 20.6. The van der Waals surface area contributed by atoms with Crippen molar-refractivity contribution in [1.29, 1.82) is 0 Å². The smallest absolute Gasteiger partial charge is 0.225 e. The summed E-state index contributed by atoms with van der Waals surface area (Å²) >= 11 is 0. The number of ether oxygens (including phenoxy) is 1. The van der Waals surface area contributed by atoms with E-state index in [1.165, 1.54) is 0 Å². The average Bonchev–Trinajstić information content (AvgIpc) is 2.39. The summed E-state index contributed by atoms with van der Waals surface area (Å²) in [5, 5.41) is 0. The Morgan fingerprint density at radius 3 is 3.00 bits per heavy atom. The lowest BCUT2D eigenvalue weighted by molar-refractivity contribution is -0.142. The van der Waals surface area contributed by atoms with Crippen molar-refractivity contribution in [2.45, 2.75) is 20.0 Å². The van der Waals surface area contributed by atoms with Crippen molar-refractivity contribution in [1.82, 2.24) is 9.88 Å². The molecule has 1 aliphatic heterocycles. The van der Waals surface area contributed by atoms with Gasteiger partial charge in [0.2, 0.25) is 5.91 Å². The second-order valence-corrected chi connectivity index (χ2v) is 4.55. The van der Waals surface area contributed by atoms with E-state index in [0.717, 1.165) is 5.69 Å². The topological polar surface area (TPSA) is 42.4 Å². The number of nitrogens with zero attached hydrogens (tertiary/aromatic N) is 2. The highest BCUT2D eigenvalue weighted by Gasteiger charge is 2.27. The maximum absolute atomic E-state index is 11.9. The predicted octanol–water partition coefficient (Wildman–Crippen LogP) is 1.64. The molecule has 4 nitrogen and oxygen atoms in total. The number of amides is 1. The molecule has 1 aromatic rings. The second kappa shape index (κ2) is 5.27. The van der Waals surface area contributed by atoms with Crippen LogP contribution in [-0.4, -0.2) is 35.5 Å². The maximum Gasteiger partial charge on any atom is 0.225 e. The van der Waals surface area contributed by atoms with Crippen molar-refractivity contribution >= 4 is 5.91 Å². The molecule has 17 heavy (non-hydrogen) atoms. The molecule has 0 radical (unpaired) electrons. The first-order valence-electron chi connectivity index (χ1n) is 6.00. The molecule has 1 saturated heterocycles. The molecule has 1 amide bonds. The van der Waals surface area contributed by atoms with Gasteiger partial charge in [-0.3, -0.25) is 9.78 Å². The molecule has 0 aromatic carbocycles. The van der Waals surface area contributed by atoms with Crippen LogP contribution in [0.3, 0.4) is 0 Å². The van der Waals surface area contributed by atoms with Gasteiger partial charge < -0.3 is 9.64 Å². The molecule has 0 bridgehead atoms. The number of pyridine rings is 1. The van der Waals surface area contributed by atoms with Gasteiger partial charge in [0.05, 0.1) is 18.8 Å². The van der Waals surface area contributed by atoms with Gasteiger partial charge in [-0.15, -0.1) is 0 Å². The molecule has 1 atom stereocenters. The van der Waals surface area contributed by atoms with E-state index in [1.54, 1.807) is 6.20 Å². The fraction of sp³-hybridized carbons (Fsp3) is 0.538. The molecular formula is C13H18N2O2. The Kier molecular flexibility index (Phi) is 3.74. The predicted molar refractivity (Wildman–Crippen MR) is 64.3 cm³/mol. The lowest BCUT2D eigenvalue weighted by Gasteiger charge is -2.33. The van der Waals surface area contributed by atoms with Gasteiger partial charge in [0.15, 0.2) is 0 Å². The summed E-state index contributed by atoms with van der Waals surface area (Å²) in [7, 11) is 0. The summed E-state index contributed by atoms with van der Waals surface area (Å²) in [4.78, 5) is 18.1. The van der Waals surface area contributed by atoms with Crippen LogP contribution in [-0.2, 0) is 9.53 Å². The first-order chi connectivity index (χ1) is 8.18. The first-order valence-corrected chi connectivity index (χ1v) is 6.00. The Morgan fingerprint density at radius 1 is 1.53 bits per heavy atom. The van der Waals surface area contributed by atoms with E-state index in [4.69, 9.17) is 4.74 Å². The average molecular weight is 234 g/mol. The lowest BCUT2D eigenvalue weighted by atomic mass is 10.1. The van der Waals surface area contributed by atoms with Crippen LogP contribution in [0.5, 0.6) is 0 Å². The lowest BCUT2D eigenvalue weighted by Crippen LogP contribution is -2.44. The van der Waals surface area contributed by atoms with Crippen molar-refractivity contribution in [3.05, 3.63) is 30.1 Å². The number of carbonyl (C=O) groups excluding carboxylic acids is 1. The zero-order valence-corrected chi connectivity index (χ0v) is 10.3. The minimum atomic E-state index is -0.0901. The van der Waals surface area contributed by atoms with Gasteiger partial charge in [-0.05, 0) is 12.1 Å². The van der Waals surface area contributed by atoms with Gasteiger partial charge in [0.1, 0.15) is 6.10 Å². The third-order valence-electron chi connectivity index (χ3n) is 2.89. The van der Waals surface area contributed by atoms with Crippen molar-refractivity contribution in [3.8, 4) is 0 Å². The Labute approximate surface area is 102 Å². The van der Waals surface area contributed by atoms with E-state index in [2.05, 4.69) is 4.98 Å². The number of hydrogen-bond donors (Lipinski definition) is 0. The number of carbonyl (C=O) groups is 1. The Balaban J connectivity index is 2.05. The highest BCUT2D eigenvalue weighted by Crippen LogP contribution is 2.21. The van der Waals surface area contributed by atoms with Gasteiger partial charge in [-0.25, -0.2) is 0 Å². The van der Waals surface area contributed by atoms with Crippen LogP contribution in [0.2, 0.25) is 0 Å². The summed E-state index contributed by atoms with van der Waals surface area (Å²) in [5.74, 6) is 0.228. The molecule has 0 unspecified atom stereocenters. The van der Waals surface area contributed by atoms with Crippen LogP contribution in [0.25, 0.3) is 0 Å². The maximum atomic E-state index is 11.9. The van der Waals surface area contributed by atoms with Crippen LogP contribution in [0.15, 0.2) is 24.4 Å². The van der Waals surface area contributed by atoms with E-state index >= 15 is 0 Å². The Hall–Kier alpha value is -1.42. The monoisotopic (exact) mass is 234 g/mol. The van der Waals surface area contributed by atoms with Crippen LogP contribution in [0.1, 0.15) is 25.6 Å². The zero-order valence-electron chi connectivity index (χ0n) is 10.3. The van der Waals surface area contributed by atoms with Crippen molar-refractivity contribution in [2.75, 3.05) is 19.7 Å². The van der Waals surface area contributed by atoms with Crippen molar-refractivity contribution in [3.63, 3.8) is 0 Å². The van der Waals surface area contributed by atoms with Gasteiger partial charge in [0.25, 0.3) is 0 Å². The summed E-state index contributed by atoms with van der Waals surface area (Å²) in [6.45, 7) is 5.72. The molecule has 0 N–H and O–H groups in total. The van der Waals surface area contributed by atoms with Gasteiger partial charge in [0, 0.05) is 18.7 Å². The largest absolute Gasteiger partial charge is 0.368 e. The molecule has 0 saturated carbocycles. The number of morpholine rings is 1. The fourth-order valence-corrected chi connectivity index (χ4v) is 1.96. The van der Waals surface area contributed by atoms with E-state index in [1.807, 2.05) is 36.9 Å². The number of rotatable bonds is 2. The first kappa shape index (κ1) is 12.0. The Morgan fingerprint density at radius 2 is 2.35 bits per heavy atom. The quantitative estimate of drug-likeness (QED) is 0.781. The molecule has 0 spiro atoms.